The Morgan fingerprint density at radius 1 is 1.17 bits per heavy atom. The van der Waals surface area contributed by atoms with Gasteiger partial charge >= 0.3 is 5.69 Å². The molecule has 0 aliphatic rings. The topological polar surface area (TPSA) is 99.8 Å². The fourth-order valence-electron chi connectivity index (χ4n) is 2.75. The molecule has 0 bridgehead atoms. The van der Waals surface area contributed by atoms with Crippen LogP contribution < -0.4 is 20.5 Å². The van der Waals surface area contributed by atoms with Crippen molar-refractivity contribution in [1.82, 2.24) is 19.2 Å². The smallest absolute Gasteiger partial charge is 0.351 e. The lowest BCUT2D eigenvalue weighted by Gasteiger charge is -2.06. The van der Waals surface area contributed by atoms with Crippen LogP contribution in [0, 0.1) is 0 Å². The molecule has 0 unspecified atom stereocenters. The number of hydrogen-bond donors (Lipinski definition) is 1. The molecule has 152 valence electrons. The zero-order valence-electron chi connectivity index (χ0n) is 15.8. The van der Waals surface area contributed by atoms with E-state index in [1.54, 1.807) is 48.5 Å². The van der Waals surface area contributed by atoms with E-state index in [2.05, 4.69) is 15.4 Å². The number of benzene rings is 2. The van der Waals surface area contributed by atoms with Crippen LogP contribution in [0.3, 0.4) is 0 Å². The van der Waals surface area contributed by atoms with E-state index in [1.807, 2.05) is 0 Å². The molecule has 0 fully saturated rings. The highest BCUT2D eigenvalue weighted by atomic mass is 35.5. The van der Waals surface area contributed by atoms with Crippen LogP contribution in [0.2, 0.25) is 5.02 Å². The van der Waals surface area contributed by atoms with Gasteiger partial charge in [-0.3, -0.25) is 4.79 Å². The monoisotopic (exact) mass is 425 g/mol. The van der Waals surface area contributed by atoms with Gasteiger partial charge in [0, 0.05) is 29.2 Å². The Hall–Kier alpha value is -3.85. The summed E-state index contributed by atoms with van der Waals surface area (Å²) in [5, 5.41) is 7.48. The molecule has 2 aromatic carbocycles. The van der Waals surface area contributed by atoms with Crippen LogP contribution >= 0.6 is 11.6 Å². The van der Waals surface area contributed by atoms with Gasteiger partial charge in [0.2, 0.25) is 11.6 Å². The number of nitrogens with one attached hydrogen (secondary N) is 1. The quantitative estimate of drug-likeness (QED) is 0.509. The van der Waals surface area contributed by atoms with Crippen LogP contribution in [0.5, 0.6) is 17.4 Å². The summed E-state index contributed by atoms with van der Waals surface area (Å²) in [4.78, 5) is 29.2. The maximum Gasteiger partial charge on any atom is 0.351 e. The summed E-state index contributed by atoms with van der Waals surface area (Å²) >= 11 is 5.88. The summed E-state index contributed by atoms with van der Waals surface area (Å²) in [7, 11) is 1.54. The predicted molar refractivity (Wildman–Crippen MR) is 110 cm³/mol. The van der Waals surface area contributed by atoms with Crippen LogP contribution in [0.4, 0.5) is 5.69 Å². The first kappa shape index (κ1) is 19.5. The van der Waals surface area contributed by atoms with Gasteiger partial charge in [-0.05, 0) is 36.4 Å². The summed E-state index contributed by atoms with van der Waals surface area (Å²) in [5.41, 5.74) is 0.241. The zero-order valence-corrected chi connectivity index (χ0v) is 16.5. The van der Waals surface area contributed by atoms with Crippen molar-refractivity contribution in [3.63, 3.8) is 0 Å². The highest BCUT2D eigenvalue weighted by molar-refractivity contribution is 6.30. The second kappa shape index (κ2) is 8.26. The third kappa shape index (κ3) is 4.11. The highest BCUT2D eigenvalue weighted by Crippen LogP contribution is 2.23. The molecule has 0 radical (unpaired) electrons. The molecule has 0 spiro atoms. The number of aromatic nitrogens is 4. The molecule has 0 saturated carbocycles. The van der Waals surface area contributed by atoms with E-state index in [0.717, 1.165) is 4.68 Å². The Morgan fingerprint density at radius 2 is 1.97 bits per heavy atom. The van der Waals surface area contributed by atoms with Gasteiger partial charge in [0.1, 0.15) is 18.0 Å². The Labute approximate surface area is 175 Å². The van der Waals surface area contributed by atoms with Gasteiger partial charge in [-0.1, -0.05) is 17.7 Å². The highest BCUT2D eigenvalue weighted by Gasteiger charge is 2.16. The SMILES string of the molecule is COc1cccc(NC(=O)Cn2nc3c(Oc4ccc(Cl)cc4)nccn3c2=O)c1. The van der Waals surface area contributed by atoms with E-state index < -0.39 is 11.6 Å². The van der Waals surface area contributed by atoms with Crippen molar-refractivity contribution in [2.45, 2.75) is 6.54 Å². The van der Waals surface area contributed by atoms with E-state index in [-0.39, 0.29) is 18.1 Å². The number of anilines is 1. The van der Waals surface area contributed by atoms with Crippen LogP contribution in [-0.2, 0) is 11.3 Å². The number of hydrogen-bond acceptors (Lipinski definition) is 6. The third-order valence-corrected chi connectivity index (χ3v) is 4.40. The Bertz CT molecular complexity index is 1270. The first-order chi connectivity index (χ1) is 14.5. The predicted octanol–water partition coefficient (Wildman–Crippen LogP) is 2.98. The number of ether oxygens (including phenoxy) is 2. The van der Waals surface area contributed by atoms with Crippen molar-refractivity contribution in [3.05, 3.63) is 76.4 Å². The van der Waals surface area contributed by atoms with Crippen molar-refractivity contribution in [1.29, 1.82) is 0 Å². The number of amides is 1. The molecular weight excluding hydrogens is 410 g/mol. The molecule has 30 heavy (non-hydrogen) atoms. The third-order valence-electron chi connectivity index (χ3n) is 4.14. The van der Waals surface area contributed by atoms with Crippen molar-refractivity contribution >= 4 is 28.8 Å². The number of nitrogens with zero attached hydrogens (tertiary/aromatic N) is 4. The summed E-state index contributed by atoms with van der Waals surface area (Å²) in [6, 6.07) is 13.6. The van der Waals surface area contributed by atoms with Gasteiger partial charge in [-0.25, -0.2) is 18.9 Å². The summed E-state index contributed by atoms with van der Waals surface area (Å²) in [6.45, 7) is -0.280. The first-order valence-corrected chi connectivity index (χ1v) is 9.23. The Balaban J connectivity index is 1.57. The van der Waals surface area contributed by atoms with E-state index in [9.17, 15) is 9.59 Å². The van der Waals surface area contributed by atoms with E-state index in [0.29, 0.717) is 22.2 Å². The van der Waals surface area contributed by atoms with Crippen molar-refractivity contribution in [2.75, 3.05) is 12.4 Å². The minimum absolute atomic E-state index is 0.129. The molecule has 9 nitrogen and oxygen atoms in total. The number of fused-ring (bicyclic) bond motifs is 1. The number of methoxy groups -OCH3 is 1. The van der Waals surface area contributed by atoms with Crippen LogP contribution in [0.1, 0.15) is 0 Å². The number of halogens is 1. The van der Waals surface area contributed by atoms with Crippen LogP contribution in [-0.4, -0.2) is 32.2 Å². The normalized spacial score (nSPS) is 10.7. The van der Waals surface area contributed by atoms with Crippen molar-refractivity contribution < 1.29 is 14.3 Å². The second-order valence-corrected chi connectivity index (χ2v) is 6.64. The lowest BCUT2D eigenvalue weighted by molar-refractivity contribution is -0.117. The van der Waals surface area contributed by atoms with Gasteiger partial charge in [-0.2, -0.15) is 0 Å². The Kier molecular flexibility index (Phi) is 5.36. The molecule has 4 aromatic rings. The molecule has 10 heteroatoms. The molecule has 2 heterocycles. The summed E-state index contributed by atoms with van der Waals surface area (Å²) in [6.07, 6.45) is 2.87. The van der Waals surface area contributed by atoms with Crippen molar-refractivity contribution in [2.24, 2.45) is 0 Å². The fraction of sp³-hybridized carbons (Fsp3) is 0.100. The first-order valence-electron chi connectivity index (χ1n) is 8.85. The summed E-state index contributed by atoms with van der Waals surface area (Å²) < 4.78 is 13.2. The lowest BCUT2D eigenvalue weighted by Crippen LogP contribution is -2.28. The van der Waals surface area contributed by atoms with Gasteiger partial charge in [0.05, 0.1) is 7.11 Å². The molecule has 0 aliphatic carbocycles. The summed E-state index contributed by atoms with van der Waals surface area (Å²) in [5.74, 6) is 0.802. The van der Waals surface area contributed by atoms with E-state index in [1.165, 1.54) is 23.9 Å². The molecular formula is C20H16ClN5O4. The fourth-order valence-corrected chi connectivity index (χ4v) is 2.88. The molecule has 0 atom stereocenters. The van der Waals surface area contributed by atoms with Gasteiger partial charge in [0.15, 0.2) is 0 Å². The van der Waals surface area contributed by atoms with Crippen molar-refractivity contribution in [3.8, 4) is 17.4 Å². The number of rotatable bonds is 6. The van der Waals surface area contributed by atoms with Gasteiger partial charge < -0.3 is 14.8 Å². The zero-order chi connectivity index (χ0) is 21.1. The number of carbonyl (C=O) groups is 1. The van der Waals surface area contributed by atoms with E-state index in [4.69, 9.17) is 21.1 Å². The molecule has 4 rings (SSSR count). The largest absolute Gasteiger partial charge is 0.497 e. The maximum absolute atomic E-state index is 12.6. The molecule has 0 aliphatic heterocycles. The average molecular weight is 426 g/mol. The minimum atomic E-state index is -0.492. The van der Waals surface area contributed by atoms with E-state index >= 15 is 0 Å². The van der Waals surface area contributed by atoms with Crippen LogP contribution in [0.25, 0.3) is 5.65 Å². The molecule has 1 N–H and O–H groups in total. The second-order valence-electron chi connectivity index (χ2n) is 6.20. The minimum Gasteiger partial charge on any atom is -0.497 e. The molecule has 1 amide bonds. The molecule has 2 aromatic heterocycles. The lowest BCUT2D eigenvalue weighted by atomic mass is 10.3. The van der Waals surface area contributed by atoms with Gasteiger partial charge in [-0.15, -0.1) is 5.10 Å². The standard InChI is InChI=1S/C20H16ClN5O4/c1-29-16-4-2-3-14(11-16)23-17(27)12-26-20(28)25-10-9-22-19(18(25)24-26)30-15-7-5-13(21)6-8-15/h2-11H,12H2,1H3,(H,23,27). The van der Waals surface area contributed by atoms with Gasteiger partial charge in [0.25, 0.3) is 5.88 Å². The molecule has 0 saturated heterocycles. The van der Waals surface area contributed by atoms with Crippen LogP contribution in [0.15, 0.2) is 65.7 Å². The Morgan fingerprint density at radius 3 is 2.73 bits per heavy atom. The number of carbonyl (C=O) groups excluding carboxylic acids is 1. The average Bonchev–Trinajstić information content (AvgIpc) is 3.06. The maximum atomic E-state index is 12.6.